The number of aliphatic carboxylic acids is 1. The van der Waals surface area contributed by atoms with Crippen LogP contribution in [0.5, 0.6) is 0 Å². The Hall–Kier alpha value is -2.69. The van der Waals surface area contributed by atoms with Crippen molar-refractivity contribution in [3.8, 4) is 0 Å². The maximum atomic E-state index is 11.0. The van der Waals surface area contributed by atoms with Crippen LogP contribution in [0.1, 0.15) is 12.6 Å². The van der Waals surface area contributed by atoms with Gasteiger partial charge in [-0.2, -0.15) is 0 Å². The quantitative estimate of drug-likeness (QED) is 0.831. The zero-order valence-corrected chi connectivity index (χ0v) is 11.0. The van der Waals surface area contributed by atoms with Crippen LogP contribution in [-0.2, 0) is 16.0 Å². The minimum Gasteiger partial charge on any atom is -0.477 e. The number of rotatable bonds is 4. The topological polar surface area (TPSA) is 79.3 Å². The van der Waals surface area contributed by atoms with Crippen LogP contribution in [-0.4, -0.2) is 22.0 Å². The monoisotopic (exact) mass is 270 g/mol. The molecule has 20 heavy (non-hydrogen) atoms. The second-order valence-corrected chi connectivity index (χ2v) is 4.30. The zero-order valence-electron chi connectivity index (χ0n) is 11.0. The van der Waals surface area contributed by atoms with Crippen molar-refractivity contribution in [1.29, 1.82) is 0 Å². The van der Waals surface area contributed by atoms with Crippen LogP contribution in [0.3, 0.4) is 0 Å². The minimum absolute atomic E-state index is 0.132. The smallest absolute Gasteiger partial charge is 0.352 e. The first kappa shape index (κ1) is 13.7. The molecule has 0 aliphatic rings. The summed E-state index contributed by atoms with van der Waals surface area (Å²) in [7, 11) is 0. The van der Waals surface area contributed by atoms with Gasteiger partial charge in [-0.15, -0.1) is 0 Å². The summed E-state index contributed by atoms with van der Waals surface area (Å²) in [6.07, 6.45) is 1.79. The molecule has 0 unspecified atom stereocenters. The molecule has 2 aromatic rings. The van der Waals surface area contributed by atoms with E-state index >= 15 is 0 Å². The van der Waals surface area contributed by atoms with Crippen molar-refractivity contribution in [2.75, 3.05) is 0 Å². The molecule has 1 aromatic heterocycles. The number of carbonyl (C=O) groups excluding carboxylic acids is 1. The molecule has 0 radical (unpaired) electrons. The Bertz CT molecular complexity index is 692. The van der Waals surface area contributed by atoms with Crippen molar-refractivity contribution in [2.24, 2.45) is 0 Å². The van der Waals surface area contributed by atoms with E-state index in [1.54, 1.807) is 0 Å². The third-order valence-electron chi connectivity index (χ3n) is 2.71. The van der Waals surface area contributed by atoms with Crippen molar-refractivity contribution in [1.82, 2.24) is 10.3 Å². The molecule has 0 atom stereocenters. The van der Waals surface area contributed by atoms with Crippen LogP contribution >= 0.6 is 0 Å². The summed E-state index contributed by atoms with van der Waals surface area (Å²) in [5.74, 6) is -1.58. The number of para-hydroxylation sites is 1. The van der Waals surface area contributed by atoms with E-state index in [-0.39, 0.29) is 5.70 Å². The molecule has 1 aromatic carbocycles. The lowest BCUT2D eigenvalue weighted by Crippen LogP contribution is -2.24. The Kier molecular flexibility index (Phi) is 4.10. The number of nitrogens with one attached hydrogen (secondary N) is 1. The fraction of sp³-hybridized carbons (Fsp3) is 0.133. The van der Waals surface area contributed by atoms with Crippen LogP contribution in [0.2, 0.25) is 0 Å². The highest BCUT2D eigenvalue weighted by molar-refractivity contribution is 5.91. The van der Waals surface area contributed by atoms with E-state index in [9.17, 15) is 9.59 Å². The molecule has 0 aliphatic carbocycles. The molecule has 0 saturated heterocycles. The van der Waals surface area contributed by atoms with E-state index in [2.05, 4.69) is 10.3 Å². The van der Waals surface area contributed by atoms with E-state index in [1.807, 2.05) is 36.4 Å². The summed E-state index contributed by atoms with van der Waals surface area (Å²) in [6, 6.07) is 11.5. The molecule has 0 bridgehead atoms. The lowest BCUT2D eigenvalue weighted by molar-refractivity contribution is -0.134. The maximum absolute atomic E-state index is 11.0. The predicted octanol–water partition coefficient (Wildman–Crippen LogP) is 1.88. The number of aromatic nitrogens is 1. The molecule has 1 heterocycles. The van der Waals surface area contributed by atoms with Crippen molar-refractivity contribution in [3.05, 3.63) is 53.9 Å². The van der Waals surface area contributed by atoms with Gasteiger partial charge < -0.3 is 10.4 Å². The summed E-state index contributed by atoms with van der Waals surface area (Å²) in [4.78, 5) is 26.3. The number of fused-ring (bicyclic) bond motifs is 1. The number of carboxylic acid groups (broad SMARTS) is 1. The Morgan fingerprint density at radius 3 is 2.70 bits per heavy atom. The first-order valence-corrected chi connectivity index (χ1v) is 6.12. The Balaban J connectivity index is 2.22. The highest BCUT2D eigenvalue weighted by atomic mass is 16.4. The summed E-state index contributed by atoms with van der Waals surface area (Å²) in [5.41, 5.74) is 1.47. The van der Waals surface area contributed by atoms with Crippen LogP contribution in [0.15, 0.2) is 48.2 Å². The number of amides is 1. The number of allylic oxidation sites excluding steroid dienone is 1. The molecule has 0 aliphatic heterocycles. The van der Waals surface area contributed by atoms with Gasteiger partial charge >= 0.3 is 5.97 Å². The van der Waals surface area contributed by atoms with Crippen LogP contribution < -0.4 is 5.32 Å². The van der Waals surface area contributed by atoms with Crippen molar-refractivity contribution in [3.63, 3.8) is 0 Å². The third-order valence-corrected chi connectivity index (χ3v) is 2.71. The summed E-state index contributed by atoms with van der Waals surface area (Å²) in [5, 5.41) is 12.3. The Labute approximate surface area is 115 Å². The van der Waals surface area contributed by atoms with E-state index in [0.717, 1.165) is 16.6 Å². The highest BCUT2D eigenvalue weighted by Gasteiger charge is 2.08. The van der Waals surface area contributed by atoms with Gasteiger partial charge in [-0.3, -0.25) is 9.78 Å². The van der Waals surface area contributed by atoms with Crippen LogP contribution in [0.25, 0.3) is 10.9 Å². The van der Waals surface area contributed by atoms with Gasteiger partial charge in [-0.1, -0.05) is 24.3 Å². The lowest BCUT2D eigenvalue weighted by atomic mass is 10.1. The predicted molar refractivity (Wildman–Crippen MR) is 75.0 cm³/mol. The van der Waals surface area contributed by atoms with Crippen molar-refractivity contribution in [2.45, 2.75) is 13.3 Å². The fourth-order valence-electron chi connectivity index (χ4n) is 1.81. The first-order chi connectivity index (χ1) is 9.56. The maximum Gasteiger partial charge on any atom is 0.352 e. The minimum atomic E-state index is -1.17. The van der Waals surface area contributed by atoms with Gasteiger partial charge in [0.05, 0.1) is 5.52 Å². The number of nitrogens with zero attached hydrogens (tertiary/aromatic N) is 1. The van der Waals surface area contributed by atoms with Gasteiger partial charge in [0.1, 0.15) is 5.70 Å². The van der Waals surface area contributed by atoms with Crippen molar-refractivity contribution < 1.29 is 14.7 Å². The molecule has 5 heteroatoms. The number of hydrogen-bond acceptors (Lipinski definition) is 3. The normalized spacial score (nSPS) is 11.3. The summed E-state index contributed by atoms with van der Waals surface area (Å²) >= 11 is 0. The van der Waals surface area contributed by atoms with Gasteiger partial charge in [0.2, 0.25) is 5.91 Å². The average Bonchev–Trinajstić information content (AvgIpc) is 2.42. The molecular weight excluding hydrogens is 256 g/mol. The fourth-order valence-corrected chi connectivity index (χ4v) is 1.81. The van der Waals surface area contributed by atoms with E-state index in [1.165, 1.54) is 13.0 Å². The van der Waals surface area contributed by atoms with Crippen LogP contribution in [0.4, 0.5) is 0 Å². The van der Waals surface area contributed by atoms with E-state index in [4.69, 9.17) is 5.11 Å². The van der Waals surface area contributed by atoms with E-state index in [0.29, 0.717) is 6.42 Å². The molecular formula is C15H14N2O3. The number of hydrogen-bond donors (Lipinski definition) is 2. The standard InChI is InChI=1S/C15H14N2O3/c1-10(18)16-14(15(19)20)9-8-12-7-6-11-4-2-3-5-13(11)17-12/h2-7,9H,8H2,1H3,(H,16,18)(H,19,20)/b14-9+. The third kappa shape index (κ3) is 3.41. The molecule has 5 nitrogen and oxygen atoms in total. The van der Waals surface area contributed by atoms with Gasteiger partial charge in [-0.25, -0.2) is 4.79 Å². The van der Waals surface area contributed by atoms with Gasteiger partial charge in [0.25, 0.3) is 0 Å². The SMILES string of the molecule is CC(=O)N/C(=C/Cc1ccc2ccccc2n1)C(=O)O. The molecule has 1 amide bonds. The van der Waals surface area contributed by atoms with Crippen molar-refractivity contribution >= 4 is 22.8 Å². The van der Waals surface area contributed by atoms with Gasteiger partial charge in [0.15, 0.2) is 0 Å². The Morgan fingerprint density at radius 2 is 2.00 bits per heavy atom. The average molecular weight is 270 g/mol. The molecule has 102 valence electrons. The summed E-state index contributed by atoms with van der Waals surface area (Å²) < 4.78 is 0. The first-order valence-electron chi connectivity index (χ1n) is 6.12. The molecule has 0 spiro atoms. The molecule has 0 fully saturated rings. The number of carbonyl (C=O) groups is 2. The number of pyridine rings is 1. The number of benzene rings is 1. The molecule has 2 N–H and O–H groups in total. The largest absolute Gasteiger partial charge is 0.477 e. The Morgan fingerprint density at radius 1 is 1.25 bits per heavy atom. The molecule has 0 saturated carbocycles. The summed E-state index contributed by atoms with van der Waals surface area (Å²) in [6.45, 7) is 1.27. The van der Waals surface area contributed by atoms with Gasteiger partial charge in [-0.05, 0) is 18.2 Å². The highest BCUT2D eigenvalue weighted by Crippen LogP contribution is 2.12. The van der Waals surface area contributed by atoms with E-state index < -0.39 is 11.9 Å². The second kappa shape index (κ2) is 5.97. The number of carboxylic acids is 1. The second-order valence-electron chi connectivity index (χ2n) is 4.30. The zero-order chi connectivity index (χ0) is 14.5. The lowest BCUT2D eigenvalue weighted by Gasteiger charge is -2.03. The van der Waals surface area contributed by atoms with Crippen LogP contribution in [0, 0.1) is 0 Å². The molecule has 2 rings (SSSR count). The van der Waals surface area contributed by atoms with Gasteiger partial charge in [0, 0.05) is 24.4 Å².